The lowest BCUT2D eigenvalue weighted by Gasteiger charge is -2.07. The molecule has 6 heteroatoms. The second kappa shape index (κ2) is 20.9. The Bertz CT molecular complexity index is 878. The van der Waals surface area contributed by atoms with Gasteiger partial charge in [-0.15, -0.1) is 6.58 Å². The Morgan fingerprint density at radius 1 is 0.829 bits per heavy atom. The number of unbranched alkanes of at least 4 members (excludes halogenated alkanes) is 3. The first kappa shape index (κ1) is 31.3. The molecule has 35 heavy (non-hydrogen) atoms. The minimum absolute atomic E-state index is 0.00567. The summed E-state index contributed by atoms with van der Waals surface area (Å²) in [4.78, 5) is 31.5. The van der Waals surface area contributed by atoms with Crippen molar-refractivity contribution < 1.29 is 28.6 Å². The molecule has 2 aromatic carbocycles. The van der Waals surface area contributed by atoms with Crippen molar-refractivity contribution in [1.29, 1.82) is 0 Å². The van der Waals surface area contributed by atoms with E-state index in [1.165, 1.54) is 12.7 Å². The van der Waals surface area contributed by atoms with Crippen LogP contribution in [0.1, 0.15) is 67.9 Å². The maximum atomic E-state index is 12.5. The van der Waals surface area contributed by atoms with Gasteiger partial charge in [0.1, 0.15) is 5.75 Å². The Morgan fingerprint density at radius 2 is 1.31 bits per heavy atom. The van der Waals surface area contributed by atoms with Crippen LogP contribution in [0.5, 0.6) is 5.75 Å². The molecule has 2 rings (SSSR count). The molecule has 0 fully saturated rings. The normalized spacial score (nSPS) is 9.60. The lowest BCUT2D eigenvalue weighted by Crippen LogP contribution is -2.02. The standard InChI is InChI=1S/C23H26O4.C4H8.C2H4O2/c1-2-7-19-8-10-20(11-9-19)23(25)21-12-14-22(15-13-21)27-17-6-4-3-5-16-26-18-24;1-4(2)3;1-4-2-3/h2,7-15,18H,3-6,16-17H2,1H3;1H2,2-3H3;2H,1H3/b7-2+;;. The monoisotopic (exact) mass is 482 g/mol. The summed E-state index contributed by atoms with van der Waals surface area (Å²) in [6.07, 6.45) is 7.84. The van der Waals surface area contributed by atoms with Gasteiger partial charge in [-0.25, -0.2) is 0 Å². The van der Waals surface area contributed by atoms with E-state index in [0.29, 0.717) is 37.3 Å². The fourth-order valence-corrected chi connectivity index (χ4v) is 2.69. The van der Waals surface area contributed by atoms with Crippen LogP contribution in [-0.2, 0) is 19.1 Å². The van der Waals surface area contributed by atoms with Crippen LogP contribution in [-0.4, -0.2) is 39.1 Å². The molecule has 0 aromatic heterocycles. The van der Waals surface area contributed by atoms with Crippen molar-refractivity contribution in [2.24, 2.45) is 0 Å². The van der Waals surface area contributed by atoms with Gasteiger partial charge in [-0.05, 0) is 76.3 Å². The summed E-state index contributed by atoms with van der Waals surface area (Å²) in [6.45, 7) is 11.4. The van der Waals surface area contributed by atoms with Crippen LogP contribution in [0.3, 0.4) is 0 Å². The van der Waals surface area contributed by atoms with Crippen molar-refractivity contribution in [3.05, 3.63) is 83.4 Å². The van der Waals surface area contributed by atoms with Crippen LogP contribution in [0, 0.1) is 0 Å². The van der Waals surface area contributed by atoms with Crippen LogP contribution in [0.2, 0.25) is 0 Å². The van der Waals surface area contributed by atoms with Gasteiger partial charge in [0.15, 0.2) is 5.78 Å². The Kier molecular flexibility index (Phi) is 18.7. The van der Waals surface area contributed by atoms with Gasteiger partial charge in [0.05, 0.1) is 20.3 Å². The van der Waals surface area contributed by atoms with E-state index in [1.807, 2.05) is 69.3 Å². The predicted octanol–water partition coefficient (Wildman–Crippen LogP) is 6.43. The summed E-state index contributed by atoms with van der Waals surface area (Å²) in [6, 6.07) is 14.8. The molecule has 0 aliphatic carbocycles. The van der Waals surface area contributed by atoms with Gasteiger partial charge >= 0.3 is 0 Å². The number of ketones is 1. The third-order valence-corrected chi connectivity index (χ3v) is 4.24. The Labute approximate surface area is 209 Å². The van der Waals surface area contributed by atoms with Crippen molar-refractivity contribution in [3.63, 3.8) is 0 Å². The quantitative estimate of drug-likeness (QED) is 0.142. The predicted molar refractivity (Wildman–Crippen MR) is 141 cm³/mol. The number of allylic oxidation sites excluding steroid dienone is 2. The molecular weight excluding hydrogens is 444 g/mol. The van der Waals surface area contributed by atoms with Crippen molar-refractivity contribution in [1.82, 2.24) is 0 Å². The maximum Gasteiger partial charge on any atom is 0.293 e. The van der Waals surface area contributed by atoms with Gasteiger partial charge in [0.25, 0.3) is 12.9 Å². The molecule has 0 saturated carbocycles. The highest BCUT2D eigenvalue weighted by atomic mass is 16.5. The molecule has 0 heterocycles. The highest BCUT2D eigenvalue weighted by molar-refractivity contribution is 6.09. The largest absolute Gasteiger partial charge is 0.494 e. The van der Waals surface area contributed by atoms with Crippen LogP contribution in [0.4, 0.5) is 0 Å². The number of carbonyl (C=O) groups is 3. The second-order valence-electron chi connectivity index (χ2n) is 7.74. The lowest BCUT2D eigenvalue weighted by atomic mass is 10.0. The molecule has 2 aromatic rings. The highest BCUT2D eigenvalue weighted by Crippen LogP contribution is 2.17. The first-order valence-corrected chi connectivity index (χ1v) is 11.5. The minimum Gasteiger partial charge on any atom is -0.494 e. The highest BCUT2D eigenvalue weighted by Gasteiger charge is 2.09. The number of ether oxygens (including phenoxy) is 3. The van der Waals surface area contributed by atoms with Gasteiger partial charge in [-0.2, -0.15) is 0 Å². The van der Waals surface area contributed by atoms with Crippen LogP contribution in [0.25, 0.3) is 6.08 Å². The lowest BCUT2D eigenvalue weighted by molar-refractivity contribution is -0.129. The summed E-state index contributed by atoms with van der Waals surface area (Å²) >= 11 is 0. The van der Waals surface area contributed by atoms with E-state index >= 15 is 0 Å². The smallest absolute Gasteiger partial charge is 0.293 e. The fraction of sp³-hybridized carbons (Fsp3) is 0.345. The first-order chi connectivity index (χ1) is 16.9. The maximum absolute atomic E-state index is 12.5. The summed E-state index contributed by atoms with van der Waals surface area (Å²) < 4.78 is 14.2. The number of benzene rings is 2. The summed E-state index contributed by atoms with van der Waals surface area (Å²) in [7, 11) is 1.31. The molecule has 190 valence electrons. The van der Waals surface area contributed by atoms with Gasteiger partial charge in [-0.3, -0.25) is 14.4 Å². The van der Waals surface area contributed by atoms with Crippen LogP contribution >= 0.6 is 0 Å². The Balaban J connectivity index is 0.00000126. The molecule has 0 spiro atoms. The molecule has 0 amide bonds. The van der Waals surface area contributed by atoms with E-state index in [1.54, 1.807) is 12.1 Å². The third-order valence-electron chi connectivity index (χ3n) is 4.24. The zero-order valence-electron chi connectivity index (χ0n) is 21.3. The fourth-order valence-electron chi connectivity index (χ4n) is 2.69. The van der Waals surface area contributed by atoms with E-state index in [0.717, 1.165) is 37.0 Å². The van der Waals surface area contributed by atoms with Crippen molar-refractivity contribution >= 4 is 24.8 Å². The van der Waals surface area contributed by atoms with E-state index in [2.05, 4.69) is 16.1 Å². The van der Waals surface area contributed by atoms with E-state index < -0.39 is 0 Å². The van der Waals surface area contributed by atoms with Crippen molar-refractivity contribution in [3.8, 4) is 5.75 Å². The molecule has 0 aliphatic rings. The molecule has 6 nitrogen and oxygen atoms in total. The topological polar surface area (TPSA) is 78.9 Å². The number of rotatable bonds is 13. The molecule has 0 aliphatic heterocycles. The van der Waals surface area contributed by atoms with Gasteiger partial charge in [0, 0.05) is 11.1 Å². The molecule has 0 radical (unpaired) electrons. The zero-order valence-corrected chi connectivity index (χ0v) is 21.3. The zero-order chi connectivity index (χ0) is 26.3. The molecule has 0 N–H and O–H groups in total. The van der Waals surface area contributed by atoms with E-state index in [4.69, 9.17) is 9.53 Å². The molecular formula is C29H38O6. The average Bonchev–Trinajstić information content (AvgIpc) is 2.86. The number of carbonyl (C=O) groups excluding carboxylic acids is 3. The first-order valence-electron chi connectivity index (χ1n) is 11.5. The minimum atomic E-state index is 0.00567. The number of hydrogen-bond acceptors (Lipinski definition) is 6. The van der Waals surface area contributed by atoms with Crippen molar-refractivity contribution in [2.45, 2.75) is 46.5 Å². The van der Waals surface area contributed by atoms with Crippen molar-refractivity contribution in [2.75, 3.05) is 20.3 Å². The van der Waals surface area contributed by atoms with Gasteiger partial charge < -0.3 is 14.2 Å². The summed E-state index contributed by atoms with van der Waals surface area (Å²) in [5.74, 6) is 0.769. The van der Waals surface area contributed by atoms with Crippen LogP contribution < -0.4 is 4.74 Å². The second-order valence-corrected chi connectivity index (χ2v) is 7.74. The van der Waals surface area contributed by atoms with Crippen LogP contribution in [0.15, 0.2) is 66.8 Å². The molecule has 0 unspecified atom stereocenters. The third kappa shape index (κ3) is 16.6. The average molecular weight is 483 g/mol. The van der Waals surface area contributed by atoms with E-state index in [9.17, 15) is 9.59 Å². The van der Waals surface area contributed by atoms with Gasteiger partial charge in [-0.1, -0.05) is 42.0 Å². The Hall–Kier alpha value is -3.67. The summed E-state index contributed by atoms with van der Waals surface area (Å²) in [5, 5.41) is 0. The molecule has 0 atom stereocenters. The van der Waals surface area contributed by atoms with E-state index in [-0.39, 0.29) is 5.78 Å². The number of methoxy groups -OCH3 is 1. The SMILES string of the molecule is C/C=C/c1ccc(C(=O)c2ccc(OCCCCCCOC=O)cc2)cc1.C=C(C)C.COC=O. The number of hydrogen-bond donors (Lipinski definition) is 0. The summed E-state index contributed by atoms with van der Waals surface area (Å²) in [5.41, 5.74) is 3.57. The molecule has 0 saturated heterocycles. The van der Waals surface area contributed by atoms with Gasteiger partial charge in [0.2, 0.25) is 0 Å². The Morgan fingerprint density at radius 3 is 1.77 bits per heavy atom. The molecule has 0 bridgehead atoms.